The predicted molar refractivity (Wildman–Crippen MR) is 72.7 cm³/mol. The number of nitrogens with zero attached hydrogens (tertiary/aromatic N) is 1. The lowest BCUT2D eigenvalue weighted by Gasteiger charge is -2.10. The molecule has 0 aliphatic carbocycles. The molecular weight excluding hydrogens is 322 g/mol. The molecule has 0 aliphatic rings. The molecule has 0 spiro atoms. The fourth-order valence-corrected chi connectivity index (χ4v) is 2.53. The van der Waals surface area contributed by atoms with E-state index in [2.05, 4.69) is 15.9 Å². The highest BCUT2D eigenvalue weighted by atomic mass is 79.9. The van der Waals surface area contributed by atoms with Crippen molar-refractivity contribution in [2.45, 2.75) is 24.0 Å². The van der Waals surface area contributed by atoms with Crippen molar-refractivity contribution in [1.29, 1.82) is 0 Å². The minimum atomic E-state index is -0.482. The number of hydrogen-bond acceptors (Lipinski definition) is 5. The Balaban J connectivity index is 2.90. The molecule has 5 nitrogen and oxygen atoms in total. The largest absolute Gasteiger partial charge is 0.465 e. The van der Waals surface area contributed by atoms with E-state index in [9.17, 15) is 14.9 Å². The Hall–Kier alpha value is -1.08. The van der Waals surface area contributed by atoms with Gasteiger partial charge >= 0.3 is 5.97 Å². The topological polar surface area (TPSA) is 69.4 Å². The Kier molecular flexibility index (Phi) is 5.61. The third-order valence-electron chi connectivity index (χ3n) is 2.04. The lowest BCUT2D eigenvalue weighted by atomic mass is 10.3. The minimum Gasteiger partial charge on any atom is -0.465 e. The van der Waals surface area contributed by atoms with Crippen molar-refractivity contribution in [1.82, 2.24) is 0 Å². The number of esters is 1. The molecule has 0 radical (unpaired) electrons. The molecule has 1 aromatic rings. The number of benzene rings is 1. The van der Waals surface area contributed by atoms with E-state index < -0.39 is 10.2 Å². The van der Waals surface area contributed by atoms with Gasteiger partial charge in [0.25, 0.3) is 5.69 Å². The molecule has 0 fully saturated rings. The highest BCUT2D eigenvalue weighted by molar-refractivity contribution is 9.10. The average molecular weight is 334 g/mol. The number of nitro benzene ring substituents is 1. The molecule has 1 aromatic carbocycles. The van der Waals surface area contributed by atoms with E-state index in [1.54, 1.807) is 26.0 Å². The molecule has 0 saturated carbocycles. The van der Waals surface area contributed by atoms with E-state index >= 15 is 0 Å². The molecule has 0 aliphatic heterocycles. The fourth-order valence-electron chi connectivity index (χ4n) is 1.23. The summed E-state index contributed by atoms with van der Waals surface area (Å²) in [5.74, 6) is -0.375. The number of nitro groups is 1. The Morgan fingerprint density at radius 3 is 2.83 bits per heavy atom. The quantitative estimate of drug-likeness (QED) is 0.357. The van der Waals surface area contributed by atoms with Crippen LogP contribution in [0.15, 0.2) is 27.6 Å². The summed E-state index contributed by atoms with van der Waals surface area (Å²) in [6.45, 7) is 3.68. The van der Waals surface area contributed by atoms with Gasteiger partial charge in [-0.25, -0.2) is 0 Å². The van der Waals surface area contributed by atoms with Crippen LogP contribution in [0.5, 0.6) is 0 Å². The number of ether oxygens (including phenoxy) is 1. The van der Waals surface area contributed by atoms with Crippen molar-refractivity contribution in [3.8, 4) is 0 Å². The zero-order valence-corrected chi connectivity index (χ0v) is 12.3. The number of carbonyl (C=O) groups is 1. The van der Waals surface area contributed by atoms with Crippen LogP contribution in [0, 0.1) is 10.1 Å². The van der Waals surface area contributed by atoms with Crippen LogP contribution in [-0.4, -0.2) is 22.7 Å². The molecule has 0 amide bonds. The van der Waals surface area contributed by atoms with Crippen LogP contribution >= 0.6 is 27.7 Å². The SMILES string of the molecule is CCOC(=O)C(C)Sc1ccc(Br)cc1[N+](=O)[O-]. The van der Waals surface area contributed by atoms with E-state index in [1.165, 1.54) is 6.07 Å². The van der Waals surface area contributed by atoms with Gasteiger partial charge in [0.15, 0.2) is 0 Å². The maximum atomic E-state index is 11.5. The number of thioether (sulfide) groups is 1. The van der Waals surface area contributed by atoms with Gasteiger partial charge in [-0.3, -0.25) is 14.9 Å². The lowest BCUT2D eigenvalue weighted by molar-refractivity contribution is -0.387. The van der Waals surface area contributed by atoms with Gasteiger partial charge in [-0.15, -0.1) is 11.8 Å². The molecule has 7 heteroatoms. The first-order valence-electron chi connectivity index (χ1n) is 5.23. The van der Waals surface area contributed by atoms with E-state index in [0.717, 1.165) is 11.8 Å². The van der Waals surface area contributed by atoms with Gasteiger partial charge in [0, 0.05) is 10.5 Å². The zero-order valence-electron chi connectivity index (χ0n) is 9.88. The minimum absolute atomic E-state index is 0.0227. The van der Waals surface area contributed by atoms with Crippen molar-refractivity contribution in [2.75, 3.05) is 6.61 Å². The summed E-state index contributed by atoms with van der Waals surface area (Å²) < 4.78 is 5.49. The maximum Gasteiger partial charge on any atom is 0.319 e. The zero-order chi connectivity index (χ0) is 13.7. The third-order valence-corrected chi connectivity index (χ3v) is 3.68. The van der Waals surface area contributed by atoms with Gasteiger partial charge in [0.1, 0.15) is 5.25 Å². The lowest BCUT2D eigenvalue weighted by Crippen LogP contribution is -2.16. The Bertz CT molecular complexity index is 466. The van der Waals surface area contributed by atoms with Crippen LogP contribution in [-0.2, 0) is 9.53 Å². The number of rotatable bonds is 5. The van der Waals surface area contributed by atoms with Crippen molar-refractivity contribution in [3.63, 3.8) is 0 Å². The maximum absolute atomic E-state index is 11.5. The van der Waals surface area contributed by atoms with Crippen molar-refractivity contribution < 1.29 is 14.5 Å². The third kappa shape index (κ3) is 3.99. The first-order chi connectivity index (χ1) is 8.45. The van der Waals surface area contributed by atoms with E-state index in [0.29, 0.717) is 16.0 Å². The van der Waals surface area contributed by atoms with E-state index in [1.807, 2.05) is 0 Å². The standard InChI is InChI=1S/C11H12BrNO4S/c1-3-17-11(14)7(2)18-10-5-4-8(12)6-9(10)13(15)16/h4-7H,3H2,1-2H3. The highest BCUT2D eigenvalue weighted by Gasteiger charge is 2.21. The number of halogens is 1. The number of carbonyl (C=O) groups excluding carboxylic acids is 1. The van der Waals surface area contributed by atoms with Crippen LogP contribution in [0.1, 0.15) is 13.8 Å². The van der Waals surface area contributed by atoms with Gasteiger partial charge in [0.2, 0.25) is 0 Å². The highest BCUT2D eigenvalue weighted by Crippen LogP contribution is 2.34. The van der Waals surface area contributed by atoms with Crippen LogP contribution < -0.4 is 0 Å². The first-order valence-corrected chi connectivity index (χ1v) is 6.90. The van der Waals surface area contributed by atoms with Crippen molar-refractivity contribution in [3.05, 3.63) is 32.8 Å². The molecule has 0 bridgehead atoms. The van der Waals surface area contributed by atoms with Crippen molar-refractivity contribution in [2.24, 2.45) is 0 Å². The first kappa shape index (κ1) is 15.0. The van der Waals surface area contributed by atoms with E-state index in [-0.39, 0.29) is 11.7 Å². The van der Waals surface area contributed by atoms with Gasteiger partial charge in [0.05, 0.1) is 16.4 Å². The summed E-state index contributed by atoms with van der Waals surface area (Å²) in [7, 11) is 0. The molecule has 18 heavy (non-hydrogen) atoms. The molecular formula is C11H12BrNO4S. The van der Waals surface area contributed by atoms with Gasteiger partial charge < -0.3 is 4.74 Å². The molecule has 98 valence electrons. The summed E-state index contributed by atoms with van der Waals surface area (Å²) in [5, 5.41) is 10.4. The molecule has 0 saturated heterocycles. The van der Waals surface area contributed by atoms with Gasteiger partial charge in [-0.05, 0) is 26.0 Å². The molecule has 0 aromatic heterocycles. The number of hydrogen-bond donors (Lipinski definition) is 0. The summed E-state index contributed by atoms with van der Waals surface area (Å²) in [5.41, 5.74) is -0.0227. The summed E-state index contributed by atoms with van der Waals surface area (Å²) >= 11 is 4.30. The second-order valence-electron chi connectivity index (χ2n) is 3.38. The van der Waals surface area contributed by atoms with Crippen LogP contribution in [0.4, 0.5) is 5.69 Å². The second-order valence-corrected chi connectivity index (χ2v) is 5.68. The molecule has 1 atom stereocenters. The fraction of sp³-hybridized carbons (Fsp3) is 0.364. The van der Waals surface area contributed by atoms with Crippen molar-refractivity contribution >= 4 is 39.3 Å². The molecule has 0 N–H and O–H groups in total. The molecule has 1 rings (SSSR count). The molecule has 0 heterocycles. The monoisotopic (exact) mass is 333 g/mol. The summed E-state index contributed by atoms with van der Waals surface area (Å²) in [6.07, 6.45) is 0. The normalized spacial score (nSPS) is 11.9. The Morgan fingerprint density at radius 2 is 2.28 bits per heavy atom. The Labute approximate surface area is 117 Å². The predicted octanol–water partition coefficient (Wildman–Crippen LogP) is 3.40. The second kappa shape index (κ2) is 6.75. The van der Waals surface area contributed by atoms with Crippen LogP contribution in [0.2, 0.25) is 0 Å². The smallest absolute Gasteiger partial charge is 0.319 e. The van der Waals surface area contributed by atoms with E-state index in [4.69, 9.17) is 4.74 Å². The summed E-state index contributed by atoms with van der Waals surface area (Å²) in [4.78, 5) is 22.4. The van der Waals surface area contributed by atoms with Gasteiger partial charge in [-0.2, -0.15) is 0 Å². The average Bonchev–Trinajstić information content (AvgIpc) is 2.31. The summed E-state index contributed by atoms with van der Waals surface area (Å²) in [6, 6.07) is 4.73. The van der Waals surface area contributed by atoms with Crippen LogP contribution in [0.25, 0.3) is 0 Å². The Morgan fingerprint density at radius 1 is 1.61 bits per heavy atom. The van der Waals surface area contributed by atoms with Crippen LogP contribution in [0.3, 0.4) is 0 Å². The molecule has 1 unspecified atom stereocenters. The van der Waals surface area contributed by atoms with Gasteiger partial charge in [-0.1, -0.05) is 15.9 Å².